The number of halogens is 2. The fraction of sp³-hybridized carbons (Fsp3) is 0.571. The van der Waals surface area contributed by atoms with Gasteiger partial charge >= 0.3 is 5.92 Å². The molecule has 0 unspecified atom stereocenters. The molecule has 0 aromatic heterocycles. The Bertz CT molecular complexity index is 271. The zero-order valence-corrected chi connectivity index (χ0v) is 6.34. The number of alkyl halides is 2. The molecule has 1 aliphatic heterocycles. The molecule has 1 saturated heterocycles. The summed E-state index contributed by atoms with van der Waals surface area (Å²) in [6.07, 6.45) is 4.67. The van der Waals surface area contributed by atoms with Gasteiger partial charge < -0.3 is 10.0 Å². The van der Waals surface area contributed by atoms with E-state index >= 15 is 0 Å². The predicted octanol–water partition coefficient (Wildman–Crippen LogP) is -0.542. The first kappa shape index (κ1) is 8.94. The normalized spacial score (nSPS) is 33.6. The molecular weight excluding hydrogens is 168 g/mol. The van der Waals surface area contributed by atoms with Crippen molar-refractivity contribution < 1.29 is 18.7 Å². The smallest absolute Gasteiger partial charge is 0.313 e. The summed E-state index contributed by atoms with van der Waals surface area (Å²) in [7, 11) is 1.16. The van der Waals surface area contributed by atoms with Crippen molar-refractivity contribution in [1.82, 2.24) is 4.90 Å². The second-order valence-electron chi connectivity index (χ2n) is 2.72. The van der Waals surface area contributed by atoms with E-state index in [4.69, 9.17) is 5.11 Å². The summed E-state index contributed by atoms with van der Waals surface area (Å²) in [5, 5.41) is 9.09. The van der Waals surface area contributed by atoms with Crippen molar-refractivity contribution in [1.29, 1.82) is 0 Å². The van der Waals surface area contributed by atoms with E-state index in [1.54, 1.807) is 0 Å². The molecule has 0 bridgehead atoms. The molecule has 0 saturated carbocycles. The van der Waals surface area contributed by atoms with Gasteiger partial charge in [-0.3, -0.25) is 4.79 Å². The van der Waals surface area contributed by atoms with Crippen LogP contribution >= 0.6 is 0 Å². The van der Waals surface area contributed by atoms with Crippen LogP contribution in [0, 0.1) is 12.3 Å². The minimum absolute atomic E-state index is 0.708. The van der Waals surface area contributed by atoms with E-state index < -0.39 is 24.0 Å². The van der Waals surface area contributed by atoms with E-state index in [1.165, 1.54) is 5.92 Å². The van der Waals surface area contributed by atoms with Crippen molar-refractivity contribution in [3.63, 3.8) is 0 Å². The molecule has 3 nitrogen and oxygen atoms in total. The van der Waals surface area contributed by atoms with Gasteiger partial charge in [-0.1, -0.05) is 5.92 Å². The van der Waals surface area contributed by atoms with E-state index in [9.17, 15) is 13.6 Å². The van der Waals surface area contributed by atoms with Gasteiger partial charge in [-0.15, -0.1) is 6.42 Å². The second-order valence-corrected chi connectivity index (χ2v) is 2.72. The third-order valence-electron chi connectivity index (χ3n) is 1.83. The number of terminal acetylenes is 1. The zero-order valence-electron chi connectivity index (χ0n) is 6.34. The summed E-state index contributed by atoms with van der Waals surface area (Å²) in [5.41, 5.74) is -2.96. The summed E-state index contributed by atoms with van der Waals surface area (Å²) in [5.74, 6) is -3.27. The first-order valence-corrected chi connectivity index (χ1v) is 3.18. The van der Waals surface area contributed by atoms with Crippen LogP contribution in [-0.2, 0) is 4.79 Å². The first-order valence-electron chi connectivity index (χ1n) is 3.18. The average Bonchev–Trinajstić information content (AvgIpc) is 2.12. The maximum absolute atomic E-state index is 12.8. The van der Waals surface area contributed by atoms with Gasteiger partial charge in [0.05, 0.1) is 6.54 Å². The third kappa shape index (κ3) is 0.816. The van der Waals surface area contributed by atoms with E-state index in [0.717, 1.165) is 7.05 Å². The zero-order chi connectivity index (χ0) is 9.57. The van der Waals surface area contributed by atoms with Crippen molar-refractivity contribution in [2.24, 2.45) is 0 Å². The maximum Gasteiger partial charge on any atom is 0.313 e. The minimum Gasteiger partial charge on any atom is -0.365 e. The largest absolute Gasteiger partial charge is 0.365 e. The SMILES string of the molecule is C#C[C@@]1(O)C(=O)N(C)CC1(F)F. The molecule has 0 aliphatic carbocycles. The van der Waals surface area contributed by atoms with Crippen molar-refractivity contribution >= 4 is 5.91 Å². The highest BCUT2D eigenvalue weighted by Gasteiger charge is 2.64. The van der Waals surface area contributed by atoms with Crippen LogP contribution < -0.4 is 0 Å². The highest BCUT2D eigenvalue weighted by molar-refractivity contribution is 5.92. The van der Waals surface area contributed by atoms with Gasteiger partial charge in [-0.2, -0.15) is 8.78 Å². The summed E-state index contributed by atoms with van der Waals surface area (Å²) < 4.78 is 25.7. The van der Waals surface area contributed by atoms with Gasteiger partial charge in [0, 0.05) is 7.05 Å². The van der Waals surface area contributed by atoms with Gasteiger partial charge in [0.1, 0.15) is 0 Å². The van der Waals surface area contributed by atoms with Gasteiger partial charge in [-0.25, -0.2) is 0 Å². The van der Waals surface area contributed by atoms with Gasteiger partial charge in [-0.05, 0) is 0 Å². The molecule has 1 rings (SSSR count). The molecule has 0 aromatic rings. The standard InChI is InChI=1S/C7H7F2NO2/c1-3-6(12)5(11)10(2)4-7(6,8)9/h1,12H,4H2,2H3/t6-/m1/s1. The first-order chi connectivity index (χ1) is 5.35. The highest BCUT2D eigenvalue weighted by Crippen LogP contribution is 2.36. The van der Waals surface area contributed by atoms with Crippen molar-refractivity contribution in [2.75, 3.05) is 13.6 Å². The topological polar surface area (TPSA) is 40.5 Å². The molecule has 1 amide bonds. The quantitative estimate of drug-likeness (QED) is 0.502. The molecule has 1 atom stereocenters. The van der Waals surface area contributed by atoms with Crippen molar-refractivity contribution in [2.45, 2.75) is 11.5 Å². The summed E-state index contributed by atoms with van der Waals surface area (Å²) in [6, 6.07) is 0. The lowest BCUT2D eigenvalue weighted by molar-refractivity contribution is -0.153. The third-order valence-corrected chi connectivity index (χ3v) is 1.83. The number of aliphatic hydroxyl groups is 1. The van der Waals surface area contributed by atoms with Gasteiger partial charge in [0.25, 0.3) is 11.5 Å². The number of likely N-dealkylation sites (tertiary alicyclic amines) is 1. The number of amides is 1. The minimum atomic E-state index is -3.56. The van der Waals surface area contributed by atoms with Crippen LogP contribution in [-0.4, -0.2) is 41.0 Å². The molecule has 0 spiro atoms. The summed E-state index contributed by atoms with van der Waals surface area (Å²) >= 11 is 0. The molecule has 66 valence electrons. The second kappa shape index (κ2) is 2.17. The lowest BCUT2D eigenvalue weighted by atomic mass is 10.0. The van der Waals surface area contributed by atoms with Gasteiger partial charge in [0.2, 0.25) is 0 Å². The molecule has 1 N–H and O–H groups in total. The van der Waals surface area contributed by atoms with Crippen LogP contribution in [0.25, 0.3) is 0 Å². The summed E-state index contributed by atoms with van der Waals surface area (Å²) in [6.45, 7) is -0.841. The Kier molecular flexibility index (Phi) is 1.62. The van der Waals surface area contributed by atoms with E-state index in [-0.39, 0.29) is 0 Å². The number of hydrogen-bond acceptors (Lipinski definition) is 2. The number of likely N-dealkylation sites (N-methyl/N-ethyl adjacent to an activating group) is 1. The van der Waals surface area contributed by atoms with Crippen molar-refractivity contribution in [3.05, 3.63) is 0 Å². The fourth-order valence-corrected chi connectivity index (χ4v) is 1.08. The number of hydrogen-bond donors (Lipinski definition) is 1. The lowest BCUT2D eigenvalue weighted by Crippen LogP contribution is -2.48. The van der Waals surface area contributed by atoms with Crippen LogP contribution in [0.2, 0.25) is 0 Å². The van der Waals surface area contributed by atoms with Gasteiger partial charge in [0.15, 0.2) is 0 Å². The van der Waals surface area contributed by atoms with Crippen LogP contribution in [0.5, 0.6) is 0 Å². The Labute approximate surface area is 68.0 Å². The Balaban J connectivity index is 3.16. The Morgan fingerprint density at radius 3 is 2.42 bits per heavy atom. The molecule has 0 aromatic carbocycles. The van der Waals surface area contributed by atoms with E-state index in [2.05, 4.69) is 6.42 Å². The Morgan fingerprint density at radius 2 is 2.25 bits per heavy atom. The molecule has 1 fully saturated rings. The highest BCUT2D eigenvalue weighted by atomic mass is 19.3. The molecule has 5 heteroatoms. The predicted molar refractivity (Wildman–Crippen MR) is 36.4 cm³/mol. The Morgan fingerprint density at radius 1 is 1.75 bits per heavy atom. The monoisotopic (exact) mass is 175 g/mol. The van der Waals surface area contributed by atoms with Crippen LogP contribution in [0.15, 0.2) is 0 Å². The molecule has 12 heavy (non-hydrogen) atoms. The molecule has 1 aliphatic rings. The average molecular weight is 175 g/mol. The fourth-order valence-electron chi connectivity index (χ4n) is 1.08. The van der Waals surface area contributed by atoms with Crippen LogP contribution in [0.1, 0.15) is 0 Å². The maximum atomic E-state index is 12.8. The summed E-state index contributed by atoms with van der Waals surface area (Å²) in [4.78, 5) is 11.6. The molecular formula is C7H7F2NO2. The van der Waals surface area contributed by atoms with E-state index in [0.29, 0.717) is 4.90 Å². The number of rotatable bonds is 0. The Hall–Kier alpha value is -1.15. The van der Waals surface area contributed by atoms with Crippen LogP contribution in [0.3, 0.4) is 0 Å². The lowest BCUT2D eigenvalue weighted by Gasteiger charge is -2.19. The molecule has 0 radical (unpaired) electrons. The molecule has 1 heterocycles. The number of nitrogens with zero attached hydrogens (tertiary/aromatic N) is 1. The van der Waals surface area contributed by atoms with Crippen molar-refractivity contribution in [3.8, 4) is 12.3 Å². The number of carbonyl (C=O) groups is 1. The van der Waals surface area contributed by atoms with E-state index in [1.807, 2.05) is 0 Å². The number of carbonyl (C=O) groups excluding carboxylic acids is 1. The van der Waals surface area contributed by atoms with Crippen LogP contribution in [0.4, 0.5) is 8.78 Å².